The van der Waals surface area contributed by atoms with Crippen LogP contribution in [0.25, 0.3) is 0 Å². The normalized spacial score (nSPS) is 12.6. The molecule has 0 aliphatic rings. The lowest BCUT2D eigenvalue weighted by Gasteiger charge is -2.08. The summed E-state index contributed by atoms with van der Waals surface area (Å²) in [6, 6.07) is 0. The first-order valence-corrected chi connectivity index (χ1v) is 3.99. The number of carbonyl (C=O) groups is 1. The summed E-state index contributed by atoms with van der Waals surface area (Å²) in [7, 11) is 1.62. The third-order valence-corrected chi connectivity index (χ3v) is 1.67. The van der Waals surface area contributed by atoms with Crippen molar-refractivity contribution in [2.24, 2.45) is 5.92 Å². The van der Waals surface area contributed by atoms with E-state index >= 15 is 0 Å². The molecule has 0 spiro atoms. The molecule has 0 fully saturated rings. The Morgan fingerprint density at radius 3 is 2.73 bits per heavy atom. The van der Waals surface area contributed by atoms with E-state index in [-0.39, 0.29) is 11.8 Å². The van der Waals surface area contributed by atoms with E-state index in [9.17, 15) is 4.79 Å². The van der Waals surface area contributed by atoms with Crippen LogP contribution in [0.1, 0.15) is 20.3 Å². The number of methoxy groups -OCH3 is 1. The Balaban J connectivity index is 3.36. The van der Waals surface area contributed by atoms with Crippen LogP contribution in [0.2, 0.25) is 0 Å². The van der Waals surface area contributed by atoms with E-state index in [0.717, 1.165) is 6.42 Å². The zero-order valence-electron chi connectivity index (χ0n) is 7.52. The highest BCUT2D eigenvalue weighted by Crippen LogP contribution is 1.98. The maximum absolute atomic E-state index is 11.1. The van der Waals surface area contributed by atoms with Crippen LogP contribution in [0.4, 0.5) is 0 Å². The topological polar surface area (TPSA) is 38.3 Å². The Labute approximate surface area is 68.1 Å². The van der Waals surface area contributed by atoms with E-state index in [1.807, 2.05) is 13.8 Å². The molecule has 1 N–H and O–H groups in total. The average Bonchev–Trinajstić information content (AvgIpc) is 2.03. The Kier molecular flexibility index (Phi) is 5.84. The third-order valence-electron chi connectivity index (χ3n) is 1.67. The van der Waals surface area contributed by atoms with Crippen molar-refractivity contribution in [1.82, 2.24) is 5.32 Å². The molecule has 0 bridgehead atoms. The molecule has 0 aromatic heterocycles. The maximum Gasteiger partial charge on any atom is 0.222 e. The minimum Gasteiger partial charge on any atom is -0.383 e. The van der Waals surface area contributed by atoms with Gasteiger partial charge in [-0.1, -0.05) is 13.8 Å². The van der Waals surface area contributed by atoms with Gasteiger partial charge in [0.1, 0.15) is 0 Å². The quantitative estimate of drug-likeness (QED) is 0.602. The lowest BCUT2D eigenvalue weighted by Crippen LogP contribution is -2.31. The van der Waals surface area contributed by atoms with E-state index in [2.05, 4.69) is 5.32 Å². The number of ether oxygens (including phenoxy) is 1. The molecule has 0 heterocycles. The molecule has 0 saturated heterocycles. The first-order valence-electron chi connectivity index (χ1n) is 3.99. The minimum absolute atomic E-state index is 0.115. The molecule has 0 aliphatic heterocycles. The second kappa shape index (κ2) is 6.16. The monoisotopic (exact) mass is 159 g/mol. The van der Waals surface area contributed by atoms with Crippen LogP contribution < -0.4 is 5.32 Å². The fourth-order valence-corrected chi connectivity index (χ4v) is 0.636. The van der Waals surface area contributed by atoms with Gasteiger partial charge in [0.15, 0.2) is 0 Å². The number of carbonyl (C=O) groups excluding carboxylic acids is 1. The summed E-state index contributed by atoms with van der Waals surface area (Å²) in [6.07, 6.45) is 0.888. The van der Waals surface area contributed by atoms with Gasteiger partial charge >= 0.3 is 0 Å². The molecule has 0 saturated carbocycles. The molecule has 0 aromatic rings. The number of nitrogens with one attached hydrogen (secondary N) is 1. The number of hydrogen-bond acceptors (Lipinski definition) is 2. The summed E-state index contributed by atoms with van der Waals surface area (Å²) in [4.78, 5) is 11.1. The minimum atomic E-state index is 0.115. The van der Waals surface area contributed by atoms with Crippen LogP contribution in [0.15, 0.2) is 0 Å². The van der Waals surface area contributed by atoms with Gasteiger partial charge < -0.3 is 10.1 Å². The zero-order chi connectivity index (χ0) is 8.69. The molecule has 0 aromatic carbocycles. The molecule has 1 amide bonds. The summed E-state index contributed by atoms with van der Waals surface area (Å²) in [5, 5.41) is 2.77. The van der Waals surface area contributed by atoms with Crippen molar-refractivity contribution in [2.75, 3.05) is 20.3 Å². The second-order valence-corrected chi connectivity index (χ2v) is 2.59. The van der Waals surface area contributed by atoms with Crippen molar-refractivity contribution in [3.05, 3.63) is 0 Å². The highest BCUT2D eigenvalue weighted by Gasteiger charge is 2.08. The first kappa shape index (κ1) is 10.4. The predicted molar refractivity (Wildman–Crippen MR) is 44.3 cm³/mol. The molecule has 0 rings (SSSR count). The van der Waals surface area contributed by atoms with Gasteiger partial charge in [0, 0.05) is 19.6 Å². The van der Waals surface area contributed by atoms with Crippen LogP contribution in [0.3, 0.4) is 0 Å². The molecule has 1 unspecified atom stereocenters. The number of rotatable bonds is 5. The van der Waals surface area contributed by atoms with Crippen LogP contribution in [-0.4, -0.2) is 26.2 Å². The molecule has 66 valence electrons. The lowest BCUT2D eigenvalue weighted by atomic mass is 10.1. The second-order valence-electron chi connectivity index (χ2n) is 2.59. The molecule has 11 heavy (non-hydrogen) atoms. The smallest absolute Gasteiger partial charge is 0.222 e. The Morgan fingerprint density at radius 1 is 1.64 bits per heavy atom. The maximum atomic E-state index is 11.1. The average molecular weight is 159 g/mol. The fraction of sp³-hybridized carbons (Fsp3) is 0.875. The zero-order valence-corrected chi connectivity index (χ0v) is 7.52. The molecule has 1 atom stereocenters. The van der Waals surface area contributed by atoms with Crippen molar-refractivity contribution in [3.63, 3.8) is 0 Å². The van der Waals surface area contributed by atoms with Gasteiger partial charge in [-0.2, -0.15) is 0 Å². The largest absolute Gasteiger partial charge is 0.383 e. The van der Waals surface area contributed by atoms with Crippen molar-refractivity contribution in [3.8, 4) is 0 Å². The van der Waals surface area contributed by atoms with E-state index in [0.29, 0.717) is 13.2 Å². The van der Waals surface area contributed by atoms with Gasteiger partial charge in [-0.05, 0) is 6.42 Å². The van der Waals surface area contributed by atoms with Crippen molar-refractivity contribution < 1.29 is 9.53 Å². The summed E-state index contributed by atoms with van der Waals surface area (Å²) >= 11 is 0. The standard InChI is InChI=1S/C8H17NO2/c1-4-7(2)8(10)9-5-6-11-3/h7H,4-6H2,1-3H3,(H,9,10). The SMILES string of the molecule is CCC(C)C(=O)NCCOC. The van der Waals surface area contributed by atoms with E-state index in [1.54, 1.807) is 7.11 Å². The van der Waals surface area contributed by atoms with Crippen LogP contribution >= 0.6 is 0 Å². The van der Waals surface area contributed by atoms with Crippen LogP contribution in [0.5, 0.6) is 0 Å². The Morgan fingerprint density at radius 2 is 2.27 bits per heavy atom. The van der Waals surface area contributed by atoms with E-state index in [1.165, 1.54) is 0 Å². The van der Waals surface area contributed by atoms with E-state index < -0.39 is 0 Å². The van der Waals surface area contributed by atoms with Gasteiger partial charge in [-0.15, -0.1) is 0 Å². The predicted octanol–water partition coefficient (Wildman–Crippen LogP) is 0.795. The third kappa shape index (κ3) is 4.79. The Hall–Kier alpha value is -0.570. The van der Waals surface area contributed by atoms with Gasteiger partial charge in [-0.25, -0.2) is 0 Å². The summed E-state index contributed by atoms with van der Waals surface area (Å²) in [5.74, 6) is 0.233. The number of amides is 1. The van der Waals surface area contributed by atoms with Gasteiger partial charge in [0.05, 0.1) is 6.61 Å². The Bertz CT molecular complexity index is 115. The van der Waals surface area contributed by atoms with E-state index in [4.69, 9.17) is 4.74 Å². The molecule has 3 heteroatoms. The first-order chi connectivity index (χ1) is 5.22. The van der Waals surface area contributed by atoms with Crippen LogP contribution in [-0.2, 0) is 9.53 Å². The van der Waals surface area contributed by atoms with Crippen molar-refractivity contribution >= 4 is 5.91 Å². The highest BCUT2D eigenvalue weighted by molar-refractivity contribution is 5.78. The fourth-order valence-electron chi connectivity index (χ4n) is 0.636. The van der Waals surface area contributed by atoms with Crippen molar-refractivity contribution in [1.29, 1.82) is 0 Å². The summed E-state index contributed by atoms with van der Waals surface area (Å²) in [5.41, 5.74) is 0. The molecule has 3 nitrogen and oxygen atoms in total. The summed E-state index contributed by atoms with van der Waals surface area (Å²) in [6.45, 7) is 5.12. The number of hydrogen-bond donors (Lipinski definition) is 1. The highest BCUT2D eigenvalue weighted by atomic mass is 16.5. The molecular formula is C8H17NO2. The molecule has 0 aliphatic carbocycles. The lowest BCUT2D eigenvalue weighted by molar-refractivity contribution is -0.124. The molecular weight excluding hydrogens is 142 g/mol. The van der Waals surface area contributed by atoms with Gasteiger partial charge in [0.2, 0.25) is 5.91 Å². The van der Waals surface area contributed by atoms with Crippen LogP contribution in [0, 0.1) is 5.92 Å². The molecule has 0 radical (unpaired) electrons. The summed E-state index contributed by atoms with van der Waals surface area (Å²) < 4.78 is 4.79. The van der Waals surface area contributed by atoms with Crippen molar-refractivity contribution in [2.45, 2.75) is 20.3 Å². The van der Waals surface area contributed by atoms with Gasteiger partial charge in [-0.3, -0.25) is 4.79 Å². The van der Waals surface area contributed by atoms with Gasteiger partial charge in [0.25, 0.3) is 0 Å².